The first-order valence-electron chi connectivity index (χ1n) is 22.2. The molecule has 0 saturated carbocycles. The van der Waals surface area contributed by atoms with Crippen LogP contribution in [0.2, 0.25) is 0 Å². The Kier molecular flexibility index (Phi) is 39.5. The third kappa shape index (κ3) is 40.2. The third-order valence-electron chi connectivity index (χ3n) is 9.65. The van der Waals surface area contributed by atoms with Gasteiger partial charge in [0, 0.05) is 19.4 Å². The molecule has 0 aromatic heterocycles. The Balaban J connectivity index is 3.91. The van der Waals surface area contributed by atoms with E-state index in [4.69, 9.17) is 24.3 Å². The largest absolute Gasteiger partial charge is 0.472 e. The van der Waals surface area contributed by atoms with Crippen molar-refractivity contribution < 1.29 is 37.6 Å². The standard InChI is InChI=1S/C43H84NO8P/c1-3-5-7-9-11-12-13-14-15-16-17-18-19-20-21-22-23-24-25-26-27-28-30-32-34-36-43(46)52-41(40-51-53(47,48)50-38-37-44)39-49-42(45)35-33-31-29-10-8-6-4-2/h16-17,41H,3-15,18-40,44H2,1-2H3,(H,47,48)/b17-16-. The van der Waals surface area contributed by atoms with Crippen LogP contribution in [0.4, 0.5) is 0 Å². The first-order valence-corrected chi connectivity index (χ1v) is 23.7. The number of carbonyl (C=O) groups excluding carboxylic acids is 2. The zero-order valence-corrected chi connectivity index (χ0v) is 35.4. The lowest BCUT2D eigenvalue weighted by atomic mass is 10.0. The van der Waals surface area contributed by atoms with Crippen molar-refractivity contribution in [3.05, 3.63) is 12.2 Å². The molecule has 2 unspecified atom stereocenters. The van der Waals surface area contributed by atoms with Crippen molar-refractivity contribution in [2.75, 3.05) is 26.4 Å². The number of esters is 2. The van der Waals surface area contributed by atoms with Crippen molar-refractivity contribution in [1.82, 2.24) is 0 Å². The first kappa shape index (κ1) is 51.8. The molecule has 0 radical (unpaired) electrons. The van der Waals surface area contributed by atoms with Crippen molar-refractivity contribution in [3.8, 4) is 0 Å². The molecule has 0 heterocycles. The highest BCUT2D eigenvalue weighted by Gasteiger charge is 2.26. The fourth-order valence-electron chi connectivity index (χ4n) is 6.34. The fraction of sp³-hybridized carbons (Fsp3) is 0.907. The molecular formula is C43H84NO8P. The molecule has 0 aliphatic heterocycles. The van der Waals surface area contributed by atoms with Crippen LogP contribution in [0.25, 0.3) is 0 Å². The van der Waals surface area contributed by atoms with Crippen LogP contribution in [0.15, 0.2) is 12.2 Å². The molecule has 0 rings (SSSR count). The van der Waals surface area contributed by atoms with Crippen LogP contribution in [0.1, 0.15) is 219 Å². The fourth-order valence-corrected chi connectivity index (χ4v) is 7.10. The summed E-state index contributed by atoms with van der Waals surface area (Å²) in [6.45, 7) is 3.70. The predicted octanol–water partition coefficient (Wildman–Crippen LogP) is 12.6. The van der Waals surface area contributed by atoms with Crippen molar-refractivity contribution >= 4 is 19.8 Å². The van der Waals surface area contributed by atoms with Crippen LogP contribution in [0, 0.1) is 0 Å². The SMILES string of the molecule is CCCCCCCCCC/C=C\CCCCCCCCCCCCCCCC(=O)OC(COC(=O)CCCCCCCCC)COP(=O)(O)OCCN. The summed E-state index contributed by atoms with van der Waals surface area (Å²) in [4.78, 5) is 34.6. The Bertz CT molecular complexity index is 886. The number of carbonyl (C=O) groups is 2. The molecule has 53 heavy (non-hydrogen) atoms. The molecule has 314 valence electrons. The van der Waals surface area contributed by atoms with E-state index in [2.05, 4.69) is 26.0 Å². The van der Waals surface area contributed by atoms with Crippen LogP contribution in [0.5, 0.6) is 0 Å². The highest BCUT2D eigenvalue weighted by molar-refractivity contribution is 7.47. The Hall–Kier alpha value is -1.25. The second-order valence-corrected chi connectivity index (χ2v) is 16.4. The average molecular weight is 774 g/mol. The van der Waals surface area contributed by atoms with E-state index in [1.54, 1.807) is 0 Å². The summed E-state index contributed by atoms with van der Waals surface area (Å²) in [6, 6.07) is 0. The molecule has 0 bridgehead atoms. The minimum Gasteiger partial charge on any atom is -0.462 e. The van der Waals surface area contributed by atoms with Gasteiger partial charge < -0.3 is 20.1 Å². The van der Waals surface area contributed by atoms with Gasteiger partial charge in [0.05, 0.1) is 13.2 Å². The van der Waals surface area contributed by atoms with E-state index >= 15 is 0 Å². The van der Waals surface area contributed by atoms with Gasteiger partial charge in [0.2, 0.25) is 0 Å². The maximum Gasteiger partial charge on any atom is 0.472 e. The van der Waals surface area contributed by atoms with Crippen molar-refractivity contribution in [2.24, 2.45) is 5.73 Å². The second kappa shape index (κ2) is 40.4. The molecular weight excluding hydrogens is 689 g/mol. The predicted molar refractivity (Wildman–Crippen MR) is 220 cm³/mol. The molecule has 0 fully saturated rings. The second-order valence-electron chi connectivity index (χ2n) is 14.9. The molecule has 3 N–H and O–H groups in total. The summed E-state index contributed by atoms with van der Waals surface area (Å²) in [6.07, 6.45) is 41.4. The molecule has 0 saturated heterocycles. The summed E-state index contributed by atoms with van der Waals surface area (Å²) in [5, 5.41) is 0. The van der Waals surface area contributed by atoms with Gasteiger partial charge >= 0.3 is 19.8 Å². The number of phosphoric acid groups is 1. The molecule has 0 aliphatic carbocycles. The van der Waals surface area contributed by atoms with Crippen molar-refractivity contribution in [2.45, 2.75) is 225 Å². The average Bonchev–Trinajstić information content (AvgIpc) is 3.14. The van der Waals surface area contributed by atoms with Gasteiger partial charge in [0.15, 0.2) is 6.10 Å². The number of nitrogens with two attached hydrogens (primary N) is 1. The Morgan fingerprint density at radius 1 is 0.547 bits per heavy atom. The van der Waals surface area contributed by atoms with Crippen LogP contribution < -0.4 is 5.73 Å². The van der Waals surface area contributed by atoms with Crippen LogP contribution in [0.3, 0.4) is 0 Å². The number of phosphoric ester groups is 1. The summed E-state index contributed by atoms with van der Waals surface area (Å²) in [7, 11) is -4.36. The van der Waals surface area contributed by atoms with Gasteiger partial charge in [-0.2, -0.15) is 0 Å². The highest BCUT2D eigenvalue weighted by Crippen LogP contribution is 2.43. The van der Waals surface area contributed by atoms with Gasteiger partial charge in [0.1, 0.15) is 6.61 Å². The zero-order valence-electron chi connectivity index (χ0n) is 34.5. The van der Waals surface area contributed by atoms with E-state index < -0.39 is 26.5 Å². The number of hydrogen-bond acceptors (Lipinski definition) is 8. The minimum atomic E-state index is -4.36. The minimum absolute atomic E-state index is 0.0562. The molecule has 0 aromatic rings. The molecule has 0 spiro atoms. The van der Waals surface area contributed by atoms with E-state index in [0.717, 1.165) is 32.1 Å². The van der Waals surface area contributed by atoms with Crippen molar-refractivity contribution in [1.29, 1.82) is 0 Å². The van der Waals surface area contributed by atoms with Crippen molar-refractivity contribution in [3.63, 3.8) is 0 Å². The van der Waals surface area contributed by atoms with Gasteiger partial charge in [-0.1, -0.05) is 180 Å². The lowest BCUT2D eigenvalue weighted by Gasteiger charge is -2.19. The van der Waals surface area contributed by atoms with Gasteiger partial charge in [-0.15, -0.1) is 0 Å². The van der Waals surface area contributed by atoms with E-state index in [-0.39, 0.29) is 38.6 Å². The van der Waals surface area contributed by atoms with E-state index in [1.807, 2.05) is 0 Å². The quantitative estimate of drug-likeness (QED) is 0.0269. The number of rotatable bonds is 42. The van der Waals surface area contributed by atoms with E-state index in [0.29, 0.717) is 6.42 Å². The third-order valence-corrected chi connectivity index (χ3v) is 10.6. The number of unbranched alkanes of at least 4 members (excludes halogenated alkanes) is 27. The molecule has 2 atom stereocenters. The lowest BCUT2D eigenvalue weighted by Crippen LogP contribution is -2.29. The molecule has 9 nitrogen and oxygen atoms in total. The molecule has 0 aromatic carbocycles. The number of hydrogen-bond donors (Lipinski definition) is 2. The molecule has 0 amide bonds. The summed E-state index contributed by atoms with van der Waals surface area (Å²) < 4.78 is 32.6. The van der Waals surface area contributed by atoms with Gasteiger partial charge in [-0.25, -0.2) is 4.57 Å². The van der Waals surface area contributed by atoms with Gasteiger partial charge in [-0.05, 0) is 38.5 Å². The van der Waals surface area contributed by atoms with E-state index in [1.165, 1.54) is 154 Å². The monoisotopic (exact) mass is 774 g/mol. The van der Waals surface area contributed by atoms with Crippen LogP contribution in [-0.2, 0) is 32.7 Å². The van der Waals surface area contributed by atoms with Crippen LogP contribution >= 0.6 is 7.82 Å². The Labute approximate surface area is 326 Å². The normalized spacial score (nSPS) is 13.4. The topological polar surface area (TPSA) is 134 Å². The zero-order chi connectivity index (χ0) is 38.9. The lowest BCUT2D eigenvalue weighted by molar-refractivity contribution is -0.161. The molecule has 0 aliphatic rings. The summed E-state index contributed by atoms with van der Waals surface area (Å²) in [5.41, 5.74) is 5.33. The summed E-state index contributed by atoms with van der Waals surface area (Å²) >= 11 is 0. The van der Waals surface area contributed by atoms with E-state index in [9.17, 15) is 19.0 Å². The maximum absolute atomic E-state index is 12.5. The highest BCUT2D eigenvalue weighted by atomic mass is 31.2. The smallest absolute Gasteiger partial charge is 0.462 e. The Morgan fingerprint density at radius 3 is 1.34 bits per heavy atom. The van der Waals surface area contributed by atoms with Gasteiger partial charge in [0.25, 0.3) is 0 Å². The van der Waals surface area contributed by atoms with Gasteiger partial charge in [-0.3, -0.25) is 18.6 Å². The first-order chi connectivity index (χ1) is 25.8. The number of ether oxygens (including phenoxy) is 2. The summed E-state index contributed by atoms with van der Waals surface area (Å²) in [5.74, 6) is -0.827. The molecule has 10 heteroatoms. The Morgan fingerprint density at radius 2 is 0.925 bits per heavy atom. The maximum atomic E-state index is 12.5. The number of allylic oxidation sites excluding steroid dienone is 2. The van der Waals surface area contributed by atoms with Crippen LogP contribution in [-0.4, -0.2) is 49.3 Å².